The van der Waals surface area contributed by atoms with Crippen molar-refractivity contribution in [3.05, 3.63) is 99.6 Å². The highest BCUT2D eigenvalue weighted by molar-refractivity contribution is 6.16. The number of hydrogen-bond donors (Lipinski definition) is 1. The van der Waals surface area contributed by atoms with Gasteiger partial charge in [0.05, 0.1) is 30.0 Å². The largest absolute Gasteiger partial charge is 0.497 e. The maximum absolute atomic E-state index is 14.4. The number of nitro groups is 1. The number of ketones is 2. The van der Waals surface area contributed by atoms with E-state index in [1.165, 1.54) is 31.2 Å². The Bertz CT molecular complexity index is 1580. The van der Waals surface area contributed by atoms with E-state index in [4.69, 9.17) is 4.74 Å². The summed E-state index contributed by atoms with van der Waals surface area (Å²) in [4.78, 5) is 54.6. The minimum atomic E-state index is -1.44. The molecule has 3 aromatic carbocycles. The average Bonchev–Trinajstić information content (AvgIpc) is 3.40. The van der Waals surface area contributed by atoms with Gasteiger partial charge in [0.1, 0.15) is 11.2 Å². The Labute approximate surface area is 217 Å². The van der Waals surface area contributed by atoms with Crippen molar-refractivity contribution in [2.75, 3.05) is 17.3 Å². The lowest BCUT2D eigenvalue weighted by molar-refractivity contribution is -0.384. The van der Waals surface area contributed by atoms with Crippen molar-refractivity contribution in [1.29, 1.82) is 0 Å². The van der Waals surface area contributed by atoms with Crippen molar-refractivity contribution in [2.45, 2.75) is 24.4 Å². The second kappa shape index (κ2) is 8.37. The van der Waals surface area contributed by atoms with Gasteiger partial charge in [0.2, 0.25) is 5.91 Å². The molecular formula is C29H23N3O6. The van der Waals surface area contributed by atoms with Crippen molar-refractivity contribution in [2.24, 2.45) is 5.92 Å². The summed E-state index contributed by atoms with van der Waals surface area (Å²) < 4.78 is 5.38. The van der Waals surface area contributed by atoms with E-state index in [0.717, 1.165) is 5.56 Å². The smallest absolute Gasteiger partial charge is 0.270 e. The fraction of sp³-hybridized carbons (Fsp3) is 0.207. The van der Waals surface area contributed by atoms with Gasteiger partial charge in [-0.1, -0.05) is 42.5 Å². The van der Waals surface area contributed by atoms with E-state index >= 15 is 0 Å². The van der Waals surface area contributed by atoms with Crippen LogP contribution in [-0.2, 0) is 15.0 Å². The summed E-state index contributed by atoms with van der Waals surface area (Å²) in [6.07, 6.45) is 3.74. The lowest BCUT2D eigenvalue weighted by atomic mass is 9.64. The Morgan fingerprint density at radius 3 is 2.61 bits per heavy atom. The van der Waals surface area contributed by atoms with Crippen LogP contribution in [0.1, 0.15) is 28.4 Å². The molecule has 190 valence electrons. The molecule has 1 saturated heterocycles. The van der Waals surface area contributed by atoms with Gasteiger partial charge >= 0.3 is 0 Å². The molecule has 9 heteroatoms. The SMILES string of the molecule is COc1ccc2c(c1)C=C[C@@H]1N2[C@H](C(C)=O)[C@H](C(=O)c2cccc([N+](=O)[O-])c2)[C@]12C(=O)Nc1ccccc12. The molecule has 1 spiro atoms. The molecule has 1 fully saturated rings. The Morgan fingerprint density at radius 2 is 1.87 bits per heavy atom. The van der Waals surface area contributed by atoms with E-state index in [-0.39, 0.29) is 22.9 Å². The number of fused-ring (bicyclic) bond motifs is 6. The van der Waals surface area contributed by atoms with Crippen molar-refractivity contribution >= 4 is 40.6 Å². The molecule has 0 saturated carbocycles. The van der Waals surface area contributed by atoms with Crippen LogP contribution >= 0.6 is 0 Å². The van der Waals surface area contributed by atoms with Crippen LogP contribution in [0.25, 0.3) is 6.08 Å². The molecule has 6 rings (SSSR count). The number of nitrogens with one attached hydrogen (secondary N) is 1. The number of benzene rings is 3. The van der Waals surface area contributed by atoms with Crippen LogP contribution in [0, 0.1) is 16.0 Å². The minimum Gasteiger partial charge on any atom is -0.497 e. The molecular weight excluding hydrogens is 486 g/mol. The number of para-hydroxylation sites is 1. The number of nitrogens with zero attached hydrogens (tertiary/aromatic N) is 2. The third-order valence-electron chi connectivity index (χ3n) is 7.88. The molecule has 0 radical (unpaired) electrons. The zero-order valence-corrected chi connectivity index (χ0v) is 20.6. The summed E-state index contributed by atoms with van der Waals surface area (Å²) in [5.74, 6) is -1.69. The van der Waals surface area contributed by atoms with Gasteiger partial charge < -0.3 is 15.0 Å². The Kier molecular flexibility index (Phi) is 5.20. The maximum atomic E-state index is 14.4. The molecule has 3 aliphatic rings. The highest BCUT2D eigenvalue weighted by Gasteiger charge is 2.69. The fourth-order valence-electron chi connectivity index (χ4n) is 6.39. The molecule has 1 amide bonds. The maximum Gasteiger partial charge on any atom is 0.270 e. The van der Waals surface area contributed by atoms with Gasteiger partial charge in [0.15, 0.2) is 11.6 Å². The fourth-order valence-corrected chi connectivity index (χ4v) is 6.39. The first kappa shape index (κ1) is 23.6. The van der Waals surface area contributed by atoms with Crippen LogP contribution in [0.3, 0.4) is 0 Å². The highest BCUT2D eigenvalue weighted by Crippen LogP contribution is 2.58. The number of carbonyl (C=O) groups excluding carboxylic acids is 3. The van der Waals surface area contributed by atoms with E-state index in [1.807, 2.05) is 29.2 Å². The van der Waals surface area contributed by atoms with E-state index in [9.17, 15) is 24.5 Å². The zero-order chi connectivity index (χ0) is 26.8. The first-order chi connectivity index (χ1) is 18.3. The normalized spacial score (nSPS) is 24.4. The molecule has 0 unspecified atom stereocenters. The number of hydrogen-bond acceptors (Lipinski definition) is 7. The molecule has 0 bridgehead atoms. The summed E-state index contributed by atoms with van der Waals surface area (Å²) >= 11 is 0. The third-order valence-corrected chi connectivity index (χ3v) is 7.88. The molecule has 4 atom stereocenters. The second-order valence-corrected chi connectivity index (χ2v) is 9.71. The van der Waals surface area contributed by atoms with E-state index in [0.29, 0.717) is 22.7 Å². The lowest BCUT2D eigenvalue weighted by Gasteiger charge is -2.37. The second-order valence-electron chi connectivity index (χ2n) is 9.71. The molecule has 0 aliphatic carbocycles. The van der Waals surface area contributed by atoms with Crippen LogP contribution in [0.4, 0.5) is 17.1 Å². The van der Waals surface area contributed by atoms with Crippen LogP contribution in [0.5, 0.6) is 5.75 Å². The van der Waals surface area contributed by atoms with Gasteiger partial charge in [0.25, 0.3) is 5.69 Å². The summed E-state index contributed by atoms with van der Waals surface area (Å²) in [6.45, 7) is 1.41. The number of ether oxygens (including phenoxy) is 1. The van der Waals surface area contributed by atoms with E-state index < -0.39 is 34.1 Å². The third kappa shape index (κ3) is 3.08. The topological polar surface area (TPSA) is 119 Å². The van der Waals surface area contributed by atoms with Gasteiger partial charge in [-0.25, -0.2) is 0 Å². The Hall–Kier alpha value is -4.79. The van der Waals surface area contributed by atoms with Crippen LogP contribution in [0.15, 0.2) is 72.8 Å². The van der Waals surface area contributed by atoms with Crippen LogP contribution < -0.4 is 15.0 Å². The molecule has 1 N–H and O–H groups in total. The monoisotopic (exact) mass is 509 g/mol. The summed E-state index contributed by atoms with van der Waals surface area (Å²) in [7, 11) is 1.56. The van der Waals surface area contributed by atoms with Crippen molar-refractivity contribution in [1.82, 2.24) is 0 Å². The minimum absolute atomic E-state index is 0.0748. The number of anilines is 2. The van der Waals surface area contributed by atoms with Crippen LogP contribution in [0.2, 0.25) is 0 Å². The predicted octanol–water partition coefficient (Wildman–Crippen LogP) is 4.17. The molecule has 3 aliphatic heterocycles. The van der Waals surface area contributed by atoms with Crippen LogP contribution in [-0.4, -0.2) is 41.6 Å². The first-order valence-corrected chi connectivity index (χ1v) is 12.1. The molecule has 9 nitrogen and oxygen atoms in total. The van der Waals surface area contributed by atoms with Crippen molar-refractivity contribution in [3.8, 4) is 5.75 Å². The molecule has 3 aromatic rings. The van der Waals surface area contributed by atoms with Gasteiger partial charge in [-0.2, -0.15) is 0 Å². The van der Waals surface area contributed by atoms with Crippen molar-refractivity contribution in [3.63, 3.8) is 0 Å². The van der Waals surface area contributed by atoms with Gasteiger partial charge in [-0.3, -0.25) is 24.5 Å². The summed E-state index contributed by atoms with van der Waals surface area (Å²) in [5, 5.41) is 14.4. The number of non-ortho nitro benzene ring substituents is 1. The zero-order valence-electron chi connectivity index (χ0n) is 20.6. The Morgan fingerprint density at radius 1 is 1.08 bits per heavy atom. The lowest BCUT2D eigenvalue weighted by Crippen LogP contribution is -2.51. The number of amides is 1. The summed E-state index contributed by atoms with van der Waals surface area (Å²) in [5.41, 5.74) is 1.07. The average molecular weight is 510 g/mol. The number of carbonyl (C=O) groups is 3. The van der Waals surface area contributed by atoms with E-state index in [1.54, 1.807) is 37.4 Å². The molecule has 0 aromatic heterocycles. The van der Waals surface area contributed by atoms with Gasteiger partial charge in [-0.15, -0.1) is 0 Å². The van der Waals surface area contributed by atoms with Gasteiger partial charge in [0, 0.05) is 34.6 Å². The Balaban J connectivity index is 1.63. The molecule has 3 heterocycles. The summed E-state index contributed by atoms with van der Waals surface area (Å²) in [6, 6.07) is 16.4. The number of methoxy groups -OCH3 is 1. The number of rotatable bonds is 5. The molecule has 38 heavy (non-hydrogen) atoms. The van der Waals surface area contributed by atoms with Gasteiger partial charge in [-0.05, 0) is 36.8 Å². The first-order valence-electron chi connectivity index (χ1n) is 12.1. The quantitative estimate of drug-likeness (QED) is 0.312. The standard InChI is InChI=1S/C29H23N3O6/c1-16(33)26-25(27(34)18-6-5-7-19(14-18)32(36)37)29(21-8-3-4-9-22(21)30-28(29)35)24-13-10-17-15-20(38-2)11-12-23(17)31(24)26/h3-15,24-26H,1-2H3,(H,30,35)/t24-,25+,26+,29+/m0/s1. The number of nitro benzene ring substituents is 1. The predicted molar refractivity (Wildman–Crippen MR) is 140 cm³/mol. The van der Waals surface area contributed by atoms with Crippen molar-refractivity contribution < 1.29 is 24.0 Å². The van der Waals surface area contributed by atoms with E-state index in [2.05, 4.69) is 5.32 Å². The number of Topliss-reactive ketones (excluding diaryl/α,β-unsaturated/α-hetero) is 2. The highest BCUT2D eigenvalue weighted by atomic mass is 16.6.